The quantitative estimate of drug-likeness (QED) is 0.623. The van der Waals surface area contributed by atoms with E-state index in [1.165, 1.54) is 7.11 Å². The minimum absolute atomic E-state index is 0.147. The highest BCUT2D eigenvalue weighted by atomic mass is 35.5. The van der Waals surface area contributed by atoms with Crippen molar-refractivity contribution in [2.24, 2.45) is 5.92 Å². The highest BCUT2D eigenvalue weighted by Gasteiger charge is 2.60. The van der Waals surface area contributed by atoms with Gasteiger partial charge in [-0.15, -0.1) is 23.2 Å². The lowest BCUT2D eigenvalue weighted by atomic mass is 10.1. The molecule has 0 N–H and O–H groups in total. The number of benzene rings is 1. The maximum absolute atomic E-state index is 11.6. The maximum Gasteiger partial charge on any atom is 0.349 e. The summed E-state index contributed by atoms with van der Waals surface area (Å²) in [6.45, 7) is 5.35. The van der Waals surface area contributed by atoms with Crippen molar-refractivity contribution in [2.45, 2.75) is 36.6 Å². The minimum atomic E-state index is -1.02. The highest BCUT2D eigenvalue weighted by Crippen LogP contribution is 2.64. The predicted octanol–water partition coefficient (Wildman–Crippen LogP) is 3.92. The Morgan fingerprint density at radius 2 is 1.75 bits per heavy atom. The van der Waals surface area contributed by atoms with Gasteiger partial charge in [0.2, 0.25) is 0 Å². The van der Waals surface area contributed by atoms with Crippen LogP contribution in [0.15, 0.2) is 24.3 Å². The summed E-state index contributed by atoms with van der Waals surface area (Å²) in [7, 11) is 1.34. The van der Waals surface area contributed by atoms with Crippen molar-refractivity contribution >= 4 is 29.2 Å². The Morgan fingerprint density at radius 1 is 1.25 bits per heavy atom. The van der Waals surface area contributed by atoms with Gasteiger partial charge in [-0.1, -0.05) is 19.1 Å². The zero-order valence-electron chi connectivity index (χ0n) is 11.9. The van der Waals surface area contributed by atoms with Crippen LogP contribution in [0.25, 0.3) is 0 Å². The van der Waals surface area contributed by atoms with E-state index in [1.807, 2.05) is 31.2 Å². The van der Waals surface area contributed by atoms with Crippen LogP contribution in [0.1, 0.15) is 32.3 Å². The van der Waals surface area contributed by atoms with Crippen molar-refractivity contribution in [3.8, 4) is 5.75 Å². The molecular formula is C15H18Cl2O3. The summed E-state index contributed by atoms with van der Waals surface area (Å²) in [5.74, 6) is 0.572. The first-order valence-corrected chi connectivity index (χ1v) is 7.21. The highest BCUT2D eigenvalue weighted by molar-refractivity contribution is 6.51. The van der Waals surface area contributed by atoms with Crippen molar-refractivity contribution in [3.05, 3.63) is 29.8 Å². The Bertz CT molecular complexity index is 508. The normalized spacial score (nSPS) is 24.1. The lowest BCUT2D eigenvalue weighted by Crippen LogP contribution is -2.39. The molecular weight excluding hydrogens is 299 g/mol. The number of ether oxygens (including phenoxy) is 2. The van der Waals surface area contributed by atoms with Crippen LogP contribution in [0.4, 0.5) is 0 Å². The van der Waals surface area contributed by atoms with Crippen LogP contribution < -0.4 is 4.74 Å². The van der Waals surface area contributed by atoms with Crippen molar-refractivity contribution in [3.63, 3.8) is 0 Å². The number of esters is 1. The number of methoxy groups -OCH3 is 1. The molecule has 110 valence electrons. The van der Waals surface area contributed by atoms with Crippen LogP contribution in [0.5, 0.6) is 5.75 Å². The summed E-state index contributed by atoms with van der Waals surface area (Å²) in [5.41, 5.74) is 0.0528. The van der Waals surface area contributed by atoms with E-state index in [0.29, 0.717) is 5.75 Å². The van der Waals surface area contributed by atoms with Gasteiger partial charge in [-0.2, -0.15) is 0 Å². The average Bonchev–Trinajstić information content (AvgIpc) is 2.88. The fourth-order valence-electron chi connectivity index (χ4n) is 2.32. The van der Waals surface area contributed by atoms with Gasteiger partial charge in [-0.05, 0) is 37.5 Å². The number of alkyl halides is 2. The summed E-state index contributed by atoms with van der Waals surface area (Å²) >= 11 is 12.3. The zero-order chi connectivity index (χ0) is 15.1. The molecule has 1 aliphatic rings. The van der Waals surface area contributed by atoms with E-state index in [-0.39, 0.29) is 11.8 Å². The Labute approximate surface area is 129 Å². The molecule has 2 unspecified atom stereocenters. The summed E-state index contributed by atoms with van der Waals surface area (Å²) in [4.78, 5) is 11.6. The summed E-state index contributed by atoms with van der Waals surface area (Å²) in [6, 6.07) is 7.48. The number of carbonyl (C=O) groups excluding carboxylic acids is 1. The standard InChI is InChI=1S/C15H18Cl2O3/c1-9-12(15(9,16)17)10-5-7-11(8-6-10)20-14(2,3)13(18)19-4/h5-9,12H,1-4H3. The van der Waals surface area contributed by atoms with Crippen LogP contribution in [0.2, 0.25) is 0 Å². The smallest absolute Gasteiger partial charge is 0.349 e. The molecule has 0 bridgehead atoms. The first kappa shape index (κ1) is 15.5. The molecule has 3 nitrogen and oxygen atoms in total. The molecule has 0 heterocycles. The second-order valence-corrected chi connectivity index (χ2v) is 7.06. The number of hydrogen-bond donors (Lipinski definition) is 0. The first-order valence-electron chi connectivity index (χ1n) is 6.45. The summed E-state index contributed by atoms with van der Waals surface area (Å²) < 4.78 is 9.68. The number of rotatable bonds is 4. The zero-order valence-corrected chi connectivity index (χ0v) is 13.5. The van der Waals surface area contributed by atoms with Crippen LogP contribution in [0, 0.1) is 5.92 Å². The maximum atomic E-state index is 11.6. The number of hydrogen-bond acceptors (Lipinski definition) is 3. The third-order valence-corrected chi connectivity index (χ3v) is 4.86. The van der Waals surface area contributed by atoms with E-state index in [1.54, 1.807) is 13.8 Å². The Kier molecular flexibility index (Phi) is 3.96. The van der Waals surface area contributed by atoms with Gasteiger partial charge in [0.15, 0.2) is 5.60 Å². The molecule has 1 aromatic carbocycles. The third kappa shape index (κ3) is 2.75. The minimum Gasteiger partial charge on any atom is -0.476 e. The Balaban J connectivity index is 2.08. The van der Waals surface area contributed by atoms with Gasteiger partial charge in [0.25, 0.3) is 0 Å². The first-order chi connectivity index (χ1) is 9.20. The molecule has 0 saturated heterocycles. The van der Waals surface area contributed by atoms with Gasteiger partial charge in [-0.3, -0.25) is 0 Å². The van der Waals surface area contributed by atoms with E-state index >= 15 is 0 Å². The molecule has 0 aliphatic heterocycles. The Morgan fingerprint density at radius 3 is 2.15 bits per heavy atom. The average molecular weight is 317 g/mol. The monoisotopic (exact) mass is 316 g/mol. The lowest BCUT2D eigenvalue weighted by molar-refractivity contribution is -0.156. The second kappa shape index (κ2) is 5.12. The molecule has 1 fully saturated rings. The Hall–Kier alpha value is -0.930. The van der Waals surface area contributed by atoms with Crippen LogP contribution in [0.3, 0.4) is 0 Å². The van der Waals surface area contributed by atoms with E-state index in [0.717, 1.165) is 5.56 Å². The van der Waals surface area contributed by atoms with E-state index < -0.39 is 15.9 Å². The van der Waals surface area contributed by atoms with Gasteiger partial charge >= 0.3 is 5.97 Å². The summed E-state index contributed by atoms with van der Waals surface area (Å²) in [5, 5.41) is 0. The molecule has 5 heteroatoms. The largest absolute Gasteiger partial charge is 0.476 e. The molecule has 0 radical (unpaired) electrons. The summed E-state index contributed by atoms with van der Waals surface area (Å²) in [6.07, 6.45) is 0. The molecule has 1 aliphatic carbocycles. The van der Waals surface area contributed by atoms with Crippen molar-refractivity contribution in [1.29, 1.82) is 0 Å². The van der Waals surface area contributed by atoms with Gasteiger partial charge < -0.3 is 9.47 Å². The van der Waals surface area contributed by atoms with E-state index in [2.05, 4.69) is 0 Å². The van der Waals surface area contributed by atoms with Crippen molar-refractivity contribution < 1.29 is 14.3 Å². The van der Waals surface area contributed by atoms with Gasteiger partial charge in [0, 0.05) is 5.92 Å². The molecule has 2 rings (SSSR count). The molecule has 1 aromatic rings. The number of halogens is 2. The number of carbonyl (C=O) groups is 1. The third-order valence-electron chi connectivity index (χ3n) is 3.70. The molecule has 0 aromatic heterocycles. The molecule has 0 amide bonds. The van der Waals surface area contributed by atoms with E-state index in [9.17, 15) is 4.79 Å². The second-order valence-electron chi connectivity index (χ2n) is 5.61. The fraction of sp³-hybridized carbons (Fsp3) is 0.533. The molecule has 2 atom stereocenters. The van der Waals surface area contributed by atoms with Crippen LogP contribution >= 0.6 is 23.2 Å². The van der Waals surface area contributed by atoms with E-state index in [4.69, 9.17) is 32.7 Å². The molecule has 20 heavy (non-hydrogen) atoms. The lowest BCUT2D eigenvalue weighted by Gasteiger charge is -2.23. The van der Waals surface area contributed by atoms with Gasteiger partial charge in [-0.25, -0.2) is 4.79 Å². The van der Waals surface area contributed by atoms with Crippen molar-refractivity contribution in [1.82, 2.24) is 0 Å². The van der Waals surface area contributed by atoms with Crippen LogP contribution in [-0.4, -0.2) is 23.0 Å². The molecule has 0 spiro atoms. The topological polar surface area (TPSA) is 35.5 Å². The fourth-order valence-corrected chi connectivity index (χ4v) is 3.07. The van der Waals surface area contributed by atoms with Gasteiger partial charge in [0.1, 0.15) is 10.1 Å². The molecule has 1 saturated carbocycles. The predicted molar refractivity (Wildman–Crippen MR) is 79.5 cm³/mol. The SMILES string of the molecule is COC(=O)C(C)(C)Oc1ccc(C2C(C)C2(Cl)Cl)cc1. The van der Waals surface area contributed by atoms with Crippen molar-refractivity contribution in [2.75, 3.05) is 7.11 Å². The van der Waals surface area contributed by atoms with Crippen LogP contribution in [-0.2, 0) is 9.53 Å². The van der Waals surface area contributed by atoms with Gasteiger partial charge in [0.05, 0.1) is 7.11 Å².